The smallest absolute Gasteiger partial charge is 0.322 e. The lowest BCUT2D eigenvalue weighted by atomic mass is 9.95. The fourth-order valence-electron chi connectivity index (χ4n) is 5.41. The van der Waals surface area contributed by atoms with Crippen LogP contribution in [0.5, 0.6) is 5.75 Å². The van der Waals surface area contributed by atoms with Gasteiger partial charge in [0.2, 0.25) is 0 Å². The van der Waals surface area contributed by atoms with Gasteiger partial charge < -0.3 is 19.5 Å². The Bertz CT molecular complexity index is 1460. The molecular weight excluding hydrogens is 490 g/mol. The lowest BCUT2D eigenvalue weighted by Gasteiger charge is -2.31. The second-order valence-electron chi connectivity index (χ2n) is 9.50. The minimum absolute atomic E-state index is 0.154. The van der Waals surface area contributed by atoms with E-state index in [0.717, 1.165) is 35.4 Å². The highest BCUT2D eigenvalue weighted by Gasteiger charge is 2.36. The van der Waals surface area contributed by atoms with E-state index in [-0.39, 0.29) is 12.1 Å². The maximum atomic E-state index is 14.0. The first-order valence-corrected chi connectivity index (χ1v) is 13.5. The maximum Gasteiger partial charge on any atom is 0.322 e. The molecule has 1 aliphatic carbocycles. The molecule has 0 saturated carbocycles. The van der Waals surface area contributed by atoms with Crippen LogP contribution in [0.15, 0.2) is 60.8 Å². The topological polar surface area (TPSA) is 46.5 Å². The van der Waals surface area contributed by atoms with Gasteiger partial charge >= 0.3 is 6.03 Å². The Morgan fingerprint density at radius 1 is 1.08 bits per heavy atom. The third-order valence-electron chi connectivity index (χ3n) is 7.27. The van der Waals surface area contributed by atoms with E-state index in [2.05, 4.69) is 34.3 Å². The summed E-state index contributed by atoms with van der Waals surface area (Å²) in [6.45, 7) is 2.49. The molecule has 7 heteroatoms. The Morgan fingerprint density at radius 3 is 2.78 bits per heavy atom. The molecule has 0 spiro atoms. The fourth-order valence-corrected chi connectivity index (χ4v) is 7.00. The molecule has 4 aromatic rings. The molecule has 3 heterocycles. The number of carbonyl (C=O) groups excluding carboxylic acids is 1. The van der Waals surface area contributed by atoms with Crippen molar-refractivity contribution in [3.63, 3.8) is 0 Å². The summed E-state index contributed by atoms with van der Waals surface area (Å²) < 4.78 is 7.84. The van der Waals surface area contributed by atoms with Gasteiger partial charge in [0.15, 0.2) is 0 Å². The number of hydrogen-bond donors (Lipinski definition) is 1. The number of ether oxygens (including phenoxy) is 1. The van der Waals surface area contributed by atoms with E-state index in [0.29, 0.717) is 17.3 Å². The number of rotatable bonds is 3. The monoisotopic (exact) mass is 517 g/mol. The van der Waals surface area contributed by atoms with Crippen LogP contribution in [0, 0.1) is 6.92 Å². The Balaban J connectivity index is 1.49. The quantitative estimate of drug-likeness (QED) is 0.305. The number of benzene rings is 2. The molecule has 2 aromatic carbocycles. The molecule has 1 aliphatic heterocycles. The molecule has 1 atom stereocenters. The first kappa shape index (κ1) is 23.2. The Labute approximate surface area is 220 Å². The van der Waals surface area contributed by atoms with E-state index in [1.54, 1.807) is 7.11 Å². The molecule has 5 nitrogen and oxygen atoms in total. The normalized spacial score (nSPS) is 16.5. The summed E-state index contributed by atoms with van der Waals surface area (Å²) in [7, 11) is 1.67. The molecule has 2 aliphatic rings. The molecule has 1 N–H and O–H groups in total. The van der Waals surface area contributed by atoms with Gasteiger partial charge in [0.25, 0.3) is 0 Å². The highest BCUT2D eigenvalue weighted by Crippen LogP contribution is 2.44. The van der Waals surface area contributed by atoms with Crippen LogP contribution >= 0.6 is 22.9 Å². The number of nitrogens with zero attached hydrogens (tertiary/aromatic N) is 2. The van der Waals surface area contributed by atoms with Crippen LogP contribution in [-0.4, -0.2) is 22.6 Å². The molecule has 6 rings (SSSR count). The SMILES string of the molecule is COc1cccc([C@H]2c3cccn3-c3sc4c(c3CN2C(=O)Nc2ccc(C)c(Cl)c2)CCCC4)c1. The van der Waals surface area contributed by atoms with E-state index >= 15 is 0 Å². The van der Waals surface area contributed by atoms with Gasteiger partial charge in [-0.3, -0.25) is 0 Å². The van der Waals surface area contributed by atoms with Crippen LogP contribution in [-0.2, 0) is 19.4 Å². The standard InChI is InChI=1S/C29H28ClN3O2S/c1-18-12-13-20(16-24(18)30)31-29(34)33-17-23-22-9-3-4-11-26(22)36-28(23)32-14-6-10-25(32)27(33)19-7-5-8-21(15-19)35-2/h5-8,10,12-16,27H,3-4,9,11,17H2,1-2H3,(H,31,34)/t27-/m0/s1. The highest BCUT2D eigenvalue weighted by molar-refractivity contribution is 7.15. The summed E-state index contributed by atoms with van der Waals surface area (Å²) in [4.78, 5) is 17.4. The van der Waals surface area contributed by atoms with Crippen LogP contribution in [0.1, 0.15) is 51.7 Å². The van der Waals surface area contributed by atoms with Crippen molar-refractivity contribution < 1.29 is 9.53 Å². The van der Waals surface area contributed by atoms with Crippen LogP contribution in [0.25, 0.3) is 5.00 Å². The van der Waals surface area contributed by atoms with Gasteiger partial charge in [0.05, 0.1) is 25.4 Å². The highest BCUT2D eigenvalue weighted by atomic mass is 35.5. The van der Waals surface area contributed by atoms with Gasteiger partial charge in [-0.1, -0.05) is 29.8 Å². The van der Waals surface area contributed by atoms with Crippen molar-refractivity contribution in [1.29, 1.82) is 0 Å². The zero-order valence-electron chi connectivity index (χ0n) is 20.4. The van der Waals surface area contributed by atoms with Crippen LogP contribution in [0.2, 0.25) is 5.02 Å². The first-order chi connectivity index (χ1) is 17.5. The predicted molar refractivity (Wildman–Crippen MR) is 146 cm³/mol. The van der Waals surface area contributed by atoms with Crippen molar-refractivity contribution in [2.75, 3.05) is 12.4 Å². The zero-order valence-corrected chi connectivity index (χ0v) is 22.0. The number of urea groups is 1. The van der Waals surface area contributed by atoms with Crippen LogP contribution < -0.4 is 10.1 Å². The van der Waals surface area contributed by atoms with Crippen LogP contribution in [0.4, 0.5) is 10.5 Å². The van der Waals surface area contributed by atoms with Crippen molar-refractivity contribution in [3.05, 3.63) is 98.6 Å². The second kappa shape index (κ2) is 9.34. The summed E-state index contributed by atoms with van der Waals surface area (Å²) in [5.74, 6) is 0.771. The summed E-state index contributed by atoms with van der Waals surface area (Å²) in [6, 6.07) is 17.4. The van der Waals surface area contributed by atoms with E-state index in [4.69, 9.17) is 16.3 Å². The van der Waals surface area contributed by atoms with Gasteiger partial charge in [-0.05, 0) is 85.7 Å². The molecular formula is C29H28ClN3O2S. The van der Waals surface area contributed by atoms with Crippen molar-refractivity contribution >= 4 is 34.7 Å². The van der Waals surface area contributed by atoms with Gasteiger partial charge in [0.1, 0.15) is 10.8 Å². The number of halogens is 1. The lowest BCUT2D eigenvalue weighted by molar-refractivity contribution is 0.194. The number of amides is 2. The summed E-state index contributed by atoms with van der Waals surface area (Å²) in [6.07, 6.45) is 6.75. The lowest BCUT2D eigenvalue weighted by Crippen LogP contribution is -2.38. The Kier molecular flexibility index (Phi) is 6.02. The maximum absolute atomic E-state index is 14.0. The number of aromatic nitrogens is 1. The Morgan fingerprint density at radius 2 is 1.94 bits per heavy atom. The number of carbonyl (C=O) groups is 1. The van der Waals surface area contributed by atoms with E-state index in [1.807, 2.05) is 59.6 Å². The van der Waals surface area contributed by atoms with E-state index < -0.39 is 0 Å². The van der Waals surface area contributed by atoms with Crippen LogP contribution in [0.3, 0.4) is 0 Å². The van der Waals surface area contributed by atoms with Crippen molar-refractivity contribution in [3.8, 4) is 10.8 Å². The minimum Gasteiger partial charge on any atom is -0.497 e. The van der Waals surface area contributed by atoms with Gasteiger partial charge in [-0.15, -0.1) is 11.3 Å². The number of fused-ring (bicyclic) bond motifs is 5. The predicted octanol–water partition coefficient (Wildman–Crippen LogP) is 7.53. The number of aryl methyl sites for hydroxylation is 2. The van der Waals surface area contributed by atoms with E-state index in [9.17, 15) is 4.79 Å². The first-order valence-electron chi connectivity index (χ1n) is 12.3. The van der Waals surface area contributed by atoms with Gasteiger partial charge in [-0.25, -0.2) is 4.79 Å². The third kappa shape index (κ3) is 3.98. The fraction of sp³-hybridized carbons (Fsp3) is 0.276. The van der Waals surface area contributed by atoms with Gasteiger partial charge in [-0.2, -0.15) is 0 Å². The molecule has 0 saturated heterocycles. The summed E-state index contributed by atoms with van der Waals surface area (Å²) in [5, 5.41) is 5.00. The molecule has 0 bridgehead atoms. The summed E-state index contributed by atoms with van der Waals surface area (Å²) >= 11 is 8.26. The average Bonchev–Trinajstić information content (AvgIpc) is 3.48. The average molecular weight is 518 g/mol. The van der Waals surface area contributed by atoms with Crippen molar-refractivity contribution in [2.45, 2.75) is 45.2 Å². The van der Waals surface area contributed by atoms with E-state index in [1.165, 1.54) is 33.8 Å². The largest absolute Gasteiger partial charge is 0.497 e. The van der Waals surface area contributed by atoms with Gasteiger partial charge in [0, 0.05) is 27.3 Å². The van der Waals surface area contributed by atoms with Crippen molar-refractivity contribution in [2.24, 2.45) is 0 Å². The molecule has 36 heavy (non-hydrogen) atoms. The second-order valence-corrected chi connectivity index (χ2v) is 11.0. The number of hydrogen-bond acceptors (Lipinski definition) is 3. The Hall–Kier alpha value is -3.22. The molecule has 184 valence electrons. The number of anilines is 1. The third-order valence-corrected chi connectivity index (χ3v) is 9.01. The summed E-state index contributed by atoms with van der Waals surface area (Å²) in [5.41, 5.74) is 6.45. The van der Waals surface area contributed by atoms with Crippen molar-refractivity contribution in [1.82, 2.24) is 9.47 Å². The number of methoxy groups -OCH3 is 1. The zero-order chi connectivity index (χ0) is 24.8. The number of nitrogens with one attached hydrogen (secondary N) is 1. The molecule has 2 aromatic heterocycles. The molecule has 0 radical (unpaired) electrons. The molecule has 0 fully saturated rings. The number of thiophene rings is 1. The molecule has 2 amide bonds. The minimum atomic E-state index is -0.283. The molecule has 0 unspecified atom stereocenters.